The summed E-state index contributed by atoms with van der Waals surface area (Å²) < 4.78 is 0. The third kappa shape index (κ3) is 2.28. The van der Waals surface area contributed by atoms with Crippen LogP contribution in [0.2, 0.25) is 0 Å². The molecule has 138 valence electrons. The van der Waals surface area contributed by atoms with E-state index < -0.39 is 0 Å². The van der Waals surface area contributed by atoms with Crippen molar-refractivity contribution in [1.29, 1.82) is 0 Å². The number of aliphatic hydroxyl groups is 2. The van der Waals surface area contributed by atoms with Gasteiger partial charge in [-0.3, -0.25) is 0 Å². The van der Waals surface area contributed by atoms with Crippen molar-refractivity contribution in [2.75, 3.05) is 0 Å². The van der Waals surface area contributed by atoms with Gasteiger partial charge in [-0.25, -0.2) is 0 Å². The van der Waals surface area contributed by atoms with Gasteiger partial charge in [0, 0.05) is 0 Å². The minimum atomic E-state index is -0.136. The summed E-state index contributed by atoms with van der Waals surface area (Å²) >= 11 is 0. The van der Waals surface area contributed by atoms with E-state index in [0.717, 1.165) is 36.5 Å². The van der Waals surface area contributed by atoms with Crippen molar-refractivity contribution in [2.24, 2.45) is 40.4 Å². The molecule has 0 saturated heterocycles. The minimum Gasteiger partial charge on any atom is -0.393 e. The van der Waals surface area contributed by atoms with Crippen LogP contribution in [0.25, 0.3) is 0 Å². The number of hydrogen-bond acceptors (Lipinski definition) is 2. The van der Waals surface area contributed by atoms with Crippen molar-refractivity contribution in [3.63, 3.8) is 0 Å². The lowest BCUT2D eigenvalue weighted by atomic mass is 9.44. The standard InChI is InChI=1S/C22H38O2/c1-4-22-12-10-19-17(20(22)8-7-18(22)14(2)23)6-5-15-13-16(24)9-11-21(15,19)3/h14-20,23-24H,4-13H2,1-3H3. The van der Waals surface area contributed by atoms with Gasteiger partial charge in [-0.15, -0.1) is 0 Å². The molecule has 0 amide bonds. The third-order valence-electron chi connectivity index (χ3n) is 9.66. The van der Waals surface area contributed by atoms with E-state index in [4.69, 9.17) is 0 Å². The summed E-state index contributed by atoms with van der Waals surface area (Å²) in [6, 6.07) is 0. The van der Waals surface area contributed by atoms with Crippen LogP contribution < -0.4 is 0 Å². The molecule has 0 bridgehead atoms. The Labute approximate surface area is 148 Å². The van der Waals surface area contributed by atoms with Crippen LogP contribution >= 0.6 is 0 Å². The Morgan fingerprint density at radius 3 is 2.50 bits per heavy atom. The third-order valence-corrected chi connectivity index (χ3v) is 9.66. The molecule has 4 fully saturated rings. The first kappa shape index (κ1) is 17.3. The molecule has 9 atom stereocenters. The summed E-state index contributed by atoms with van der Waals surface area (Å²) in [6.07, 6.45) is 12.5. The van der Waals surface area contributed by atoms with E-state index in [2.05, 4.69) is 13.8 Å². The van der Waals surface area contributed by atoms with Gasteiger partial charge < -0.3 is 10.2 Å². The van der Waals surface area contributed by atoms with Crippen molar-refractivity contribution >= 4 is 0 Å². The second kappa shape index (κ2) is 5.98. The van der Waals surface area contributed by atoms with Gasteiger partial charge in [0.25, 0.3) is 0 Å². The lowest BCUT2D eigenvalue weighted by Gasteiger charge is -2.61. The van der Waals surface area contributed by atoms with Gasteiger partial charge in [-0.05, 0) is 112 Å². The molecule has 4 aliphatic rings. The Kier molecular flexibility index (Phi) is 4.32. The predicted octanol–water partition coefficient (Wildman–Crippen LogP) is 4.78. The minimum absolute atomic E-state index is 0.0379. The molecule has 0 spiro atoms. The maximum Gasteiger partial charge on any atom is 0.0545 e. The van der Waals surface area contributed by atoms with Gasteiger partial charge in [0.1, 0.15) is 0 Å². The van der Waals surface area contributed by atoms with Crippen molar-refractivity contribution in [2.45, 2.75) is 97.2 Å². The molecule has 2 N–H and O–H groups in total. The second-order valence-electron chi connectivity index (χ2n) is 10.1. The van der Waals surface area contributed by atoms with Gasteiger partial charge in [0.15, 0.2) is 0 Å². The van der Waals surface area contributed by atoms with Crippen LogP contribution in [0.15, 0.2) is 0 Å². The van der Waals surface area contributed by atoms with Crippen LogP contribution in [-0.4, -0.2) is 22.4 Å². The SMILES string of the molecule is CCC12CCC3C(CCC4CC(O)CCC43C)C1CCC2C(C)O. The molecule has 0 heterocycles. The Morgan fingerprint density at radius 1 is 1.00 bits per heavy atom. The summed E-state index contributed by atoms with van der Waals surface area (Å²) in [5.74, 6) is 3.91. The molecule has 0 aromatic rings. The summed E-state index contributed by atoms with van der Waals surface area (Å²) in [5, 5.41) is 20.6. The molecule has 0 aliphatic heterocycles. The van der Waals surface area contributed by atoms with Crippen LogP contribution in [0, 0.1) is 40.4 Å². The first-order valence-electron chi connectivity index (χ1n) is 10.8. The molecule has 4 aliphatic carbocycles. The number of hydrogen-bond donors (Lipinski definition) is 2. The Morgan fingerprint density at radius 2 is 1.79 bits per heavy atom. The highest BCUT2D eigenvalue weighted by Crippen LogP contribution is 2.68. The predicted molar refractivity (Wildman–Crippen MR) is 97.5 cm³/mol. The lowest BCUT2D eigenvalue weighted by molar-refractivity contribution is -0.137. The molecule has 9 unspecified atom stereocenters. The number of rotatable bonds is 2. The zero-order chi connectivity index (χ0) is 17.1. The van der Waals surface area contributed by atoms with Gasteiger partial charge in [0.05, 0.1) is 12.2 Å². The average molecular weight is 335 g/mol. The summed E-state index contributed by atoms with van der Waals surface area (Å²) in [7, 11) is 0. The summed E-state index contributed by atoms with van der Waals surface area (Å²) in [5.41, 5.74) is 0.900. The lowest BCUT2D eigenvalue weighted by Crippen LogP contribution is -2.55. The summed E-state index contributed by atoms with van der Waals surface area (Å²) in [4.78, 5) is 0. The number of fused-ring (bicyclic) bond motifs is 5. The maximum absolute atomic E-state index is 10.4. The van der Waals surface area contributed by atoms with Gasteiger partial charge >= 0.3 is 0 Å². The van der Waals surface area contributed by atoms with Crippen LogP contribution in [0.1, 0.15) is 85.0 Å². The second-order valence-corrected chi connectivity index (χ2v) is 10.1. The molecule has 4 rings (SSSR count). The molecule has 0 aromatic carbocycles. The van der Waals surface area contributed by atoms with Crippen molar-refractivity contribution in [3.05, 3.63) is 0 Å². The topological polar surface area (TPSA) is 40.5 Å². The van der Waals surface area contributed by atoms with E-state index in [0.29, 0.717) is 16.7 Å². The highest BCUT2D eigenvalue weighted by Gasteiger charge is 2.61. The van der Waals surface area contributed by atoms with Crippen molar-refractivity contribution in [3.8, 4) is 0 Å². The van der Waals surface area contributed by atoms with Crippen LogP contribution in [-0.2, 0) is 0 Å². The zero-order valence-corrected chi connectivity index (χ0v) is 16.0. The molecule has 4 saturated carbocycles. The molecule has 24 heavy (non-hydrogen) atoms. The monoisotopic (exact) mass is 334 g/mol. The van der Waals surface area contributed by atoms with Gasteiger partial charge in [-0.2, -0.15) is 0 Å². The smallest absolute Gasteiger partial charge is 0.0545 e. The van der Waals surface area contributed by atoms with E-state index >= 15 is 0 Å². The van der Waals surface area contributed by atoms with E-state index in [-0.39, 0.29) is 12.2 Å². The Bertz CT molecular complexity index is 475. The van der Waals surface area contributed by atoms with E-state index in [9.17, 15) is 10.2 Å². The average Bonchev–Trinajstić information content (AvgIpc) is 2.95. The normalized spacial score (nSPS) is 55.4. The van der Waals surface area contributed by atoms with E-state index in [1.807, 2.05) is 6.92 Å². The van der Waals surface area contributed by atoms with Crippen LogP contribution in [0.4, 0.5) is 0 Å². The van der Waals surface area contributed by atoms with Gasteiger partial charge in [0.2, 0.25) is 0 Å². The molecule has 0 aromatic heterocycles. The molecular weight excluding hydrogens is 296 g/mol. The largest absolute Gasteiger partial charge is 0.393 e. The first-order chi connectivity index (χ1) is 11.4. The zero-order valence-electron chi connectivity index (χ0n) is 16.0. The maximum atomic E-state index is 10.4. The summed E-state index contributed by atoms with van der Waals surface area (Å²) in [6.45, 7) is 7.00. The Balaban J connectivity index is 1.62. The highest BCUT2D eigenvalue weighted by atomic mass is 16.3. The fourth-order valence-corrected chi connectivity index (χ4v) is 8.51. The van der Waals surface area contributed by atoms with E-state index in [1.165, 1.54) is 51.4 Å². The van der Waals surface area contributed by atoms with Crippen LogP contribution in [0.3, 0.4) is 0 Å². The molecule has 2 heteroatoms. The van der Waals surface area contributed by atoms with Crippen LogP contribution in [0.5, 0.6) is 0 Å². The quantitative estimate of drug-likeness (QED) is 0.763. The van der Waals surface area contributed by atoms with Crippen molar-refractivity contribution in [1.82, 2.24) is 0 Å². The van der Waals surface area contributed by atoms with E-state index in [1.54, 1.807) is 0 Å². The highest BCUT2D eigenvalue weighted by molar-refractivity contribution is 5.10. The Hall–Kier alpha value is -0.0800. The molecular formula is C22H38O2. The molecule has 0 radical (unpaired) electrons. The number of aliphatic hydroxyl groups excluding tert-OH is 2. The fraction of sp³-hybridized carbons (Fsp3) is 1.00. The van der Waals surface area contributed by atoms with Crippen molar-refractivity contribution < 1.29 is 10.2 Å². The first-order valence-corrected chi connectivity index (χ1v) is 10.8. The van der Waals surface area contributed by atoms with Gasteiger partial charge in [-0.1, -0.05) is 13.8 Å². The molecule has 2 nitrogen and oxygen atoms in total. The fourth-order valence-electron chi connectivity index (χ4n) is 8.51.